The molecular formula is C7H8BrNO2S. The molecule has 12 heavy (non-hydrogen) atoms. The van der Waals surface area contributed by atoms with Crippen LogP contribution >= 0.6 is 27.3 Å². The third kappa shape index (κ3) is 1.98. The van der Waals surface area contributed by atoms with Crippen LogP contribution in [0, 0.1) is 0 Å². The molecular weight excluding hydrogens is 242 g/mol. The molecule has 1 aromatic rings. The van der Waals surface area contributed by atoms with Crippen molar-refractivity contribution >= 4 is 33.3 Å². The van der Waals surface area contributed by atoms with E-state index in [0.29, 0.717) is 11.1 Å². The Morgan fingerprint density at radius 3 is 2.67 bits per heavy atom. The average Bonchev–Trinajstić information content (AvgIpc) is 2.48. The quantitative estimate of drug-likeness (QED) is 0.826. The molecule has 0 saturated carbocycles. The van der Waals surface area contributed by atoms with Crippen LogP contribution in [0.4, 0.5) is 0 Å². The molecule has 1 rings (SSSR count). The number of hydrogen-bond acceptors (Lipinski definition) is 4. The minimum absolute atomic E-state index is 0.590. The first-order chi connectivity index (χ1) is 5.81. The molecule has 0 fully saturated rings. The van der Waals surface area contributed by atoms with E-state index in [2.05, 4.69) is 20.9 Å². The highest BCUT2D eigenvalue weighted by atomic mass is 79.9. The van der Waals surface area contributed by atoms with Crippen LogP contribution in [0.3, 0.4) is 0 Å². The Morgan fingerprint density at radius 2 is 2.17 bits per heavy atom. The topological polar surface area (TPSA) is 31.4 Å². The lowest BCUT2D eigenvalue weighted by atomic mass is 10.5. The largest absolute Gasteiger partial charge is 0.480 e. The Morgan fingerprint density at radius 1 is 1.42 bits per heavy atom. The van der Waals surface area contributed by atoms with Crippen molar-refractivity contribution in [1.29, 1.82) is 0 Å². The van der Waals surface area contributed by atoms with Crippen LogP contribution in [-0.2, 0) is 0 Å². The van der Waals surface area contributed by atoms with E-state index in [1.54, 1.807) is 19.2 Å². The highest BCUT2D eigenvalue weighted by molar-refractivity contribution is 9.11. The summed E-state index contributed by atoms with van der Waals surface area (Å²) >= 11 is 4.62. The lowest BCUT2D eigenvalue weighted by Crippen LogP contribution is -1.85. The summed E-state index contributed by atoms with van der Waals surface area (Å²) in [7, 11) is 3.17. The van der Waals surface area contributed by atoms with Gasteiger partial charge in [0.2, 0.25) is 5.88 Å². The van der Waals surface area contributed by atoms with E-state index in [4.69, 9.17) is 9.47 Å². The molecule has 0 aliphatic rings. The van der Waals surface area contributed by atoms with Crippen molar-refractivity contribution in [3.63, 3.8) is 0 Å². The van der Waals surface area contributed by atoms with Crippen molar-refractivity contribution < 1.29 is 9.47 Å². The van der Waals surface area contributed by atoms with Gasteiger partial charge >= 0.3 is 0 Å². The molecule has 0 aliphatic carbocycles. The van der Waals surface area contributed by atoms with E-state index in [9.17, 15) is 0 Å². The van der Waals surface area contributed by atoms with Crippen molar-refractivity contribution in [2.75, 3.05) is 14.2 Å². The molecule has 0 atom stereocenters. The maximum atomic E-state index is 5.03. The van der Waals surface area contributed by atoms with Gasteiger partial charge in [0.05, 0.1) is 19.1 Å². The SMILES string of the molecule is COc1nc(OC)c(/C=C/Br)s1. The molecule has 1 heterocycles. The lowest BCUT2D eigenvalue weighted by molar-refractivity contribution is 0.377. The Hall–Kier alpha value is -0.550. The Balaban J connectivity index is 2.99. The smallest absolute Gasteiger partial charge is 0.276 e. The van der Waals surface area contributed by atoms with Gasteiger partial charge in [-0.3, -0.25) is 0 Å². The Kier molecular flexibility index (Phi) is 3.55. The minimum Gasteiger partial charge on any atom is -0.480 e. The summed E-state index contributed by atoms with van der Waals surface area (Å²) < 4.78 is 9.99. The zero-order valence-corrected chi connectivity index (χ0v) is 9.11. The molecule has 0 bridgehead atoms. The zero-order chi connectivity index (χ0) is 8.97. The highest BCUT2D eigenvalue weighted by Crippen LogP contribution is 2.31. The molecule has 66 valence electrons. The van der Waals surface area contributed by atoms with Gasteiger partial charge in [0.15, 0.2) is 0 Å². The van der Waals surface area contributed by atoms with E-state index < -0.39 is 0 Å². The van der Waals surface area contributed by atoms with Crippen LogP contribution in [0.1, 0.15) is 4.88 Å². The fourth-order valence-electron chi connectivity index (χ4n) is 0.695. The molecule has 3 nitrogen and oxygen atoms in total. The van der Waals surface area contributed by atoms with Crippen LogP contribution < -0.4 is 9.47 Å². The number of aromatic nitrogens is 1. The van der Waals surface area contributed by atoms with Crippen LogP contribution in [0.25, 0.3) is 6.08 Å². The van der Waals surface area contributed by atoms with Crippen molar-refractivity contribution in [3.8, 4) is 11.1 Å². The molecule has 0 N–H and O–H groups in total. The summed E-state index contributed by atoms with van der Waals surface area (Å²) in [4.78, 5) is 6.76. The predicted molar refractivity (Wildman–Crippen MR) is 53.2 cm³/mol. The van der Waals surface area contributed by atoms with Crippen LogP contribution in [0.5, 0.6) is 11.1 Å². The molecule has 1 aromatic heterocycles. The van der Waals surface area contributed by atoms with Crippen LogP contribution in [0.2, 0.25) is 0 Å². The van der Waals surface area contributed by atoms with Gasteiger partial charge in [-0.2, -0.15) is 4.98 Å². The van der Waals surface area contributed by atoms with Crippen LogP contribution in [0.15, 0.2) is 4.99 Å². The molecule has 0 unspecified atom stereocenters. The lowest BCUT2D eigenvalue weighted by Gasteiger charge is -1.92. The number of thiazole rings is 1. The normalized spacial score (nSPS) is 10.6. The summed E-state index contributed by atoms with van der Waals surface area (Å²) in [6, 6.07) is 0. The molecule has 5 heteroatoms. The predicted octanol–water partition coefficient (Wildman–Crippen LogP) is 2.53. The second-order valence-corrected chi connectivity index (χ2v) is 3.37. The van der Waals surface area contributed by atoms with Gasteiger partial charge in [-0.1, -0.05) is 27.3 Å². The number of methoxy groups -OCH3 is 2. The van der Waals surface area contributed by atoms with Crippen molar-refractivity contribution in [2.45, 2.75) is 0 Å². The summed E-state index contributed by atoms with van der Waals surface area (Å²) in [5.41, 5.74) is 0. The van der Waals surface area contributed by atoms with E-state index in [-0.39, 0.29) is 0 Å². The fraction of sp³-hybridized carbons (Fsp3) is 0.286. The molecule has 0 spiro atoms. The average molecular weight is 250 g/mol. The third-order valence-corrected chi connectivity index (χ3v) is 2.41. The Bertz CT molecular complexity index is 285. The van der Waals surface area contributed by atoms with Crippen LogP contribution in [-0.4, -0.2) is 19.2 Å². The molecule has 0 saturated heterocycles. The monoisotopic (exact) mass is 249 g/mol. The summed E-state index contributed by atoms with van der Waals surface area (Å²) in [6.45, 7) is 0. The van der Waals surface area contributed by atoms with Gasteiger partial charge in [0.1, 0.15) is 0 Å². The van der Waals surface area contributed by atoms with Gasteiger partial charge in [-0.25, -0.2) is 0 Å². The maximum absolute atomic E-state index is 5.03. The molecule has 0 aliphatic heterocycles. The highest BCUT2D eigenvalue weighted by Gasteiger charge is 2.08. The standard InChI is InChI=1S/C7H8BrNO2S/c1-10-6-5(3-4-8)12-7(9-6)11-2/h3-4H,1-2H3/b4-3+. The van der Waals surface area contributed by atoms with Gasteiger partial charge in [-0.05, 0) is 11.1 Å². The first-order valence-corrected chi connectivity index (χ1v) is 4.90. The van der Waals surface area contributed by atoms with Crippen molar-refractivity contribution in [2.24, 2.45) is 0 Å². The second-order valence-electron chi connectivity index (χ2n) is 1.85. The minimum atomic E-state index is 0.590. The van der Waals surface area contributed by atoms with E-state index in [1.807, 2.05) is 6.08 Å². The number of ether oxygens (including phenoxy) is 2. The third-order valence-electron chi connectivity index (χ3n) is 1.18. The van der Waals surface area contributed by atoms with Gasteiger partial charge < -0.3 is 9.47 Å². The number of hydrogen-bond donors (Lipinski definition) is 0. The van der Waals surface area contributed by atoms with E-state index >= 15 is 0 Å². The molecule has 0 radical (unpaired) electrons. The van der Waals surface area contributed by atoms with Gasteiger partial charge in [0.25, 0.3) is 5.19 Å². The van der Waals surface area contributed by atoms with E-state index in [0.717, 1.165) is 4.88 Å². The zero-order valence-electron chi connectivity index (χ0n) is 6.70. The summed E-state index contributed by atoms with van der Waals surface area (Å²) in [6.07, 6.45) is 1.86. The van der Waals surface area contributed by atoms with Gasteiger partial charge in [-0.15, -0.1) is 0 Å². The maximum Gasteiger partial charge on any atom is 0.276 e. The number of nitrogens with zero attached hydrogens (tertiary/aromatic N) is 1. The van der Waals surface area contributed by atoms with Gasteiger partial charge in [0, 0.05) is 0 Å². The Labute approximate surface area is 83.2 Å². The first kappa shape index (κ1) is 9.54. The summed E-state index contributed by atoms with van der Waals surface area (Å²) in [5, 5.41) is 0.604. The number of rotatable bonds is 3. The number of halogens is 1. The fourth-order valence-corrected chi connectivity index (χ4v) is 1.89. The first-order valence-electron chi connectivity index (χ1n) is 3.17. The summed E-state index contributed by atoms with van der Waals surface area (Å²) in [5.74, 6) is 0.590. The second kappa shape index (κ2) is 4.47. The molecule has 0 aromatic carbocycles. The van der Waals surface area contributed by atoms with E-state index in [1.165, 1.54) is 11.3 Å². The molecule has 0 amide bonds. The van der Waals surface area contributed by atoms with Crippen molar-refractivity contribution in [1.82, 2.24) is 4.98 Å². The van der Waals surface area contributed by atoms with Crippen molar-refractivity contribution in [3.05, 3.63) is 9.86 Å².